The van der Waals surface area contributed by atoms with Crippen LogP contribution in [-0.2, 0) is 11.3 Å². The van der Waals surface area contributed by atoms with Crippen LogP contribution in [-0.4, -0.2) is 22.0 Å². The van der Waals surface area contributed by atoms with Gasteiger partial charge in [0.2, 0.25) is 5.91 Å². The molecule has 0 saturated carbocycles. The maximum absolute atomic E-state index is 11.5. The first-order valence-corrected chi connectivity index (χ1v) is 5.25. The lowest BCUT2D eigenvalue weighted by Crippen LogP contribution is -2.30. The van der Waals surface area contributed by atoms with Crippen LogP contribution in [0.5, 0.6) is 0 Å². The first-order chi connectivity index (χ1) is 7.00. The van der Waals surface area contributed by atoms with Crippen LogP contribution in [0.2, 0.25) is 0 Å². The predicted molar refractivity (Wildman–Crippen MR) is 59.5 cm³/mol. The van der Waals surface area contributed by atoms with E-state index in [0.29, 0.717) is 12.5 Å². The predicted octanol–water partition coefficient (Wildman–Crippen LogP) is 1.27. The zero-order valence-electron chi connectivity index (χ0n) is 9.87. The van der Waals surface area contributed by atoms with Crippen LogP contribution in [0.4, 0.5) is 0 Å². The molecule has 0 aromatic carbocycles. The number of amides is 1. The number of rotatable bonds is 4. The van der Waals surface area contributed by atoms with Crippen molar-refractivity contribution in [1.29, 1.82) is 0 Å². The summed E-state index contributed by atoms with van der Waals surface area (Å²) in [7, 11) is 0. The molecule has 1 heterocycles. The normalized spacial score (nSPS) is 10.7. The SMILES string of the molecule is Cc1ncn(CC(=O)NCC(C)C)c1C. The number of carbonyl (C=O) groups excluding carboxylic acids is 1. The molecule has 0 radical (unpaired) electrons. The van der Waals surface area contributed by atoms with Crippen LogP contribution in [0.3, 0.4) is 0 Å². The van der Waals surface area contributed by atoms with Crippen molar-refractivity contribution >= 4 is 5.91 Å². The van der Waals surface area contributed by atoms with E-state index >= 15 is 0 Å². The molecule has 1 aromatic rings. The Balaban J connectivity index is 2.48. The van der Waals surface area contributed by atoms with E-state index in [9.17, 15) is 4.79 Å². The Kier molecular flexibility index (Phi) is 3.88. The van der Waals surface area contributed by atoms with Crippen LogP contribution < -0.4 is 5.32 Å². The second-order valence-electron chi connectivity index (χ2n) is 4.24. The summed E-state index contributed by atoms with van der Waals surface area (Å²) in [6.07, 6.45) is 1.71. The second-order valence-corrected chi connectivity index (χ2v) is 4.24. The van der Waals surface area contributed by atoms with Crippen molar-refractivity contribution in [3.63, 3.8) is 0 Å². The van der Waals surface area contributed by atoms with Gasteiger partial charge in [-0.25, -0.2) is 4.98 Å². The summed E-state index contributed by atoms with van der Waals surface area (Å²) in [5, 5.41) is 2.88. The van der Waals surface area contributed by atoms with Gasteiger partial charge in [0.25, 0.3) is 0 Å². The summed E-state index contributed by atoms with van der Waals surface area (Å²) < 4.78 is 1.87. The highest BCUT2D eigenvalue weighted by Crippen LogP contribution is 2.03. The van der Waals surface area contributed by atoms with Crippen molar-refractivity contribution in [3.8, 4) is 0 Å². The van der Waals surface area contributed by atoms with Crippen molar-refractivity contribution in [2.45, 2.75) is 34.2 Å². The molecule has 1 N–H and O–H groups in total. The number of carbonyl (C=O) groups is 1. The lowest BCUT2D eigenvalue weighted by Gasteiger charge is -2.09. The van der Waals surface area contributed by atoms with E-state index < -0.39 is 0 Å². The van der Waals surface area contributed by atoms with Gasteiger partial charge in [-0.15, -0.1) is 0 Å². The molecule has 0 unspecified atom stereocenters. The fourth-order valence-electron chi connectivity index (χ4n) is 1.23. The topological polar surface area (TPSA) is 46.9 Å². The second kappa shape index (κ2) is 4.96. The number of imidazole rings is 1. The third-order valence-electron chi connectivity index (χ3n) is 2.37. The van der Waals surface area contributed by atoms with E-state index in [-0.39, 0.29) is 5.91 Å². The average Bonchev–Trinajstić information content (AvgIpc) is 2.47. The Labute approximate surface area is 90.7 Å². The molecule has 4 heteroatoms. The summed E-state index contributed by atoms with van der Waals surface area (Å²) in [6.45, 7) is 9.15. The van der Waals surface area contributed by atoms with Gasteiger partial charge in [0.15, 0.2) is 0 Å². The highest BCUT2D eigenvalue weighted by Gasteiger charge is 2.07. The van der Waals surface area contributed by atoms with Crippen molar-refractivity contribution in [3.05, 3.63) is 17.7 Å². The molecule has 0 aliphatic carbocycles. The summed E-state index contributed by atoms with van der Waals surface area (Å²) in [5.41, 5.74) is 2.03. The van der Waals surface area contributed by atoms with E-state index in [0.717, 1.165) is 17.9 Å². The Morgan fingerprint density at radius 3 is 2.67 bits per heavy atom. The molecule has 0 saturated heterocycles. The first kappa shape index (κ1) is 11.8. The molecule has 1 aromatic heterocycles. The number of aryl methyl sites for hydroxylation is 1. The largest absolute Gasteiger partial charge is 0.354 e. The number of aromatic nitrogens is 2. The fraction of sp³-hybridized carbons (Fsp3) is 0.636. The van der Waals surface area contributed by atoms with Crippen LogP contribution in [0, 0.1) is 19.8 Å². The van der Waals surface area contributed by atoms with Crippen LogP contribution in [0.15, 0.2) is 6.33 Å². The van der Waals surface area contributed by atoms with E-state index in [4.69, 9.17) is 0 Å². The molecular weight excluding hydrogens is 190 g/mol. The molecule has 84 valence electrons. The summed E-state index contributed by atoms with van der Waals surface area (Å²) in [5.74, 6) is 0.531. The van der Waals surface area contributed by atoms with Gasteiger partial charge < -0.3 is 9.88 Å². The number of nitrogens with one attached hydrogen (secondary N) is 1. The highest BCUT2D eigenvalue weighted by molar-refractivity contribution is 5.75. The smallest absolute Gasteiger partial charge is 0.239 e. The minimum Gasteiger partial charge on any atom is -0.354 e. The van der Waals surface area contributed by atoms with Crippen molar-refractivity contribution in [2.24, 2.45) is 5.92 Å². The molecule has 0 atom stereocenters. The monoisotopic (exact) mass is 209 g/mol. The summed E-state index contributed by atoms with van der Waals surface area (Å²) in [4.78, 5) is 15.7. The maximum Gasteiger partial charge on any atom is 0.239 e. The van der Waals surface area contributed by atoms with Crippen molar-refractivity contribution < 1.29 is 4.79 Å². The van der Waals surface area contributed by atoms with Crippen LogP contribution in [0.25, 0.3) is 0 Å². The highest BCUT2D eigenvalue weighted by atomic mass is 16.1. The molecule has 0 fully saturated rings. The fourth-order valence-corrected chi connectivity index (χ4v) is 1.23. The lowest BCUT2D eigenvalue weighted by molar-refractivity contribution is -0.121. The Morgan fingerprint density at radius 2 is 2.20 bits per heavy atom. The van der Waals surface area contributed by atoms with Gasteiger partial charge in [0.05, 0.1) is 12.0 Å². The van der Waals surface area contributed by atoms with Crippen molar-refractivity contribution in [1.82, 2.24) is 14.9 Å². The zero-order valence-corrected chi connectivity index (χ0v) is 9.87. The molecule has 4 nitrogen and oxygen atoms in total. The van der Waals surface area contributed by atoms with E-state index in [1.165, 1.54) is 0 Å². The van der Waals surface area contributed by atoms with Gasteiger partial charge in [0, 0.05) is 12.2 Å². The van der Waals surface area contributed by atoms with Gasteiger partial charge >= 0.3 is 0 Å². The van der Waals surface area contributed by atoms with Crippen LogP contribution in [0.1, 0.15) is 25.2 Å². The number of hydrogen-bond donors (Lipinski definition) is 1. The summed E-state index contributed by atoms with van der Waals surface area (Å²) >= 11 is 0. The summed E-state index contributed by atoms with van der Waals surface area (Å²) in [6, 6.07) is 0. The third-order valence-corrected chi connectivity index (χ3v) is 2.37. The van der Waals surface area contributed by atoms with Gasteiger partial charge in [-0.05, 0) is 19.8 Å². The number of hydrogen-bond acceptors (Lipinski definition) is 2. The molecule has 0 aliphatic rings. The van der Waals surface area contributed by atoms with Crippen molar-refractivity contribution in [2.75, 3.05) is 6.54 Å². The van der Waals surface area contributed by atoms with Gasteiger partial charge in [-0.2, -0.15) is 0 Å². The molecular formula is C11H19N3O. The van der Waals surface area contributed by atoms with Gasteiger partial charge in [0.1, 0.15) is 6.54 Å². The van der Waals surface area contributed by atoms with Crippen LogP contribution >= 0.6 is 0 Å². The third kappa shape index (κ3) is 3.38. The molecule has 1 rings (SSSR count). The lowest BCUT2D eigenvalue weighted by atomic mass is 10.2. The van der Waals surface area contributed by atoms with E-state index in [2.05, 4.69) is 24.1 Å². The Bertz CT molecular complexity index is 342. The standard InChI is InChI=1S/C11H19N3O/c1-8(2)5-12-11(15)6-14-7-13-9(3)10(14)4/h7-8H,5-6H2,1-4H3,(H,12,15). The first-order valence-electron chi connectivity index (χ1n) is 5.25. The Morgan fingerprint density at radius 1 is 1.53 bits per heavy atom. The quantitative estimate of drug-likeness (QED) is 0.811. The molecule has 15 heavy (non-hydrogen) atoms. The molecule has 0 aliphatic heterocycles. The molecule has 1 amide bonds. The average molecular weight is 209 g/mol. The van der Waals surface area contributed by atoms with E-state index in [1.54, 1.807) is 6.33 Å². The molecule has 0 bridgehead atoms. The number of nitrogens with zero attached hydrogens (tertiary/aromatic N) is 2. The minimum absolute atomic E-state index is 0.0456. The Hall–Kier alpha value is -1.32. The molecule has 0 spiro atoms. The van der Waals surface area contributed by atoms with Gasteiger partial charge in [-0.3, -0.25) is 4.79 Å². The van der Waals surface area contributed by atoms with Gasteiger partial charge in [-0.1, -0.05) is 13.8 Å². The minimum atomic E-state index is 0.0456. The van der Waals surface area contributed by atoms with E-state index in [1.807, 2.05) is 18.4 Å². The maximum atomic E-state index is 11.5. The zero-order chi connectivity index (χ0) is 11.4.